The smallest absolute Gasteiger partial charge is 0.240 e. The molecule has 0 unspecified atom stereocenters. The van der Waals surface area contributed by atoms with Gasteiger partial charge in [0.2, 0.25) is 21.8 Å². The van der Waals surface area contributed by atoms with Gasteiger partial charge >= 0.3 is 0 Å². The summed E-state index contributed by atoms with van der Waals surface area (Å²) in [5, 5.41) is 5.60. The zero-order valence-corrected chi connectivity index (χ0v) is 19.3. The van der Waals surface area contributed by atoms with Crippen LogP contribution in [-0.2, 0) is 26.2 Å². The van der Waals surface area contributed by atoms with E-state index in [1.165, 1.54) is 38.5 Å². The average molecular weight is 460 g/mol. The minimum absolute atomic E-state index is 0.0141. The summed E-state index contributed by atoms with van der Waals surface area (Å²) < 4.78 is 27.1. The molecule has 0 aliphatic heterocycles. The zero-order valence-electron chi connectivity index (χ0n) is 18.4. The maximum atomic E-state index is 12.6. The lowest BCUT2D eigenvalue weighted by molar-refractivity contribution is -0.131. The van der Waals surface area contributed by atoms with Crippen molar-refractivity contribution in [1.82, 2.24) is 15.4 Å². The number of benzene rings is 1. The summed E-state index contributed by atoms with van der Waals surface area (Å²) in [6, 6.07) is 6.58. The Morgan fingerprint density at radius 1 is 0.875 bits per heavy atom. The van der Waals surface area contributed by atoms with Crippen LogP contribution < -0.4 is 15.4 Å². The molecule has 3 N–H and O–H groups in total. The van der Waals surface area contributed by atoms with Crippen molar-refractivity contribution in [3.05, 3.63) is 29.8 Å². The number of hydrogen-bond acceptors (Lipinski definition) is 4. The largest absolute Gasteiger partial charge is 0.350 e. The van der Waals surface area contributed by atoms with Gasteiger partial charge in [-0.15, -0.1) is 0 Å². The van der Waals surface area contributed by atoms with Gasteiger partial charge in [-0.05, 0) is 92.2 Å². The van der Waals surface area contributed by atoms with Crippen molar-refractivity contribution < 1.29 is 18.0 Å². The lowest BCUT2D eigenvalue weighted by Gasteiger charge is -2.56. The standard InChI is InChI=1S/C24H33N3O4S/c28-22(13-24-10-17-7-18(11-24)9-19(8-17)12-24)26-15-23(29)25-14-16-1-5-21(6-2-16)32(30,31)27-20-3-4-20/h1-2,5-6,17-20,27H,3-4,7-15H2,(H,25,29)(H,26,28). The predicted octanol–water partition coefficient (Wildman–Crippen LogP) is 2.47. The van der Waals surface area contributed by atoms with E-state index in [-0.39, 0.29) is 34.7 Å². The van der Waals surface area contributed by atoms with Crippen LogP contribution >= 0.6 is 0 Å². The SMILES string of the molecule is O=C(CNC(=O)CC12CC3CC(CC(C3)C1)C2)NCc1ccc(S(=O)(=O)NC2CC2)cc1. The third-order valence-electron chi connectivity index (χ3n) is 7.77. The quantitative estimate of drug-likeness (QED) is 0.528. The summed E-state index contributed by atoms with van der Waals surface area (Å²) in [6.45, 7) is 0.267. The van der Waals surface area contributed by atoms with Crippen molar-refractivity contribution in [3.63, 3.8) is 0 Å². The van der Waals surface area contributed by atoms with Gasteiger partial charge in [-0.1, -0.05) is 12.1 Å². The maximum Gasteiger partial charge on any atom is 0.240 e. The minimum atomic E-state index is -3.47. The Hall–Kier alpha value is -1.93. The van der Waals surface area contributed by atoms with Crippen LogP contribution in [0.5, 0.6) is 0 Å². The molecule has 0 aromatic heterocycles. The molecule has 0 radical (unpaired) electrons. The van der Waals surface area contributed by atoms with Gasteiger partial charge in [0, 0.05) is 19.0 Å². The Kier molecular flexibility index (Phi) is 5.78. The van der Waals surface area contributed by atoms with Crippen LogP contribution in [0.1, 0.15) is 63.4 Å². The van der Waals surface area contributed by atoms with Crippen molar-refractivity contribution in [2.24, 2.45) is 23.2 Å². The van der Waals surface area contributed by atoms with Gasteiger partial charge in [0.05, 0.1) is 11.4 Å². The van der Waals surface area contributed by atoms with Crippen LogP contribution in [0, 0.1) is 23.2 Å². The maximum absolute atomic E-state index is 12.6. The highest BCUT2D eigenvalue weighted by atomic mass is 32.2. The first-order valence-corrected chi connectivity index (χ1v) is 13.4. The second kappa shape index (κ2) is 8.45. The molecule has 0 heterocycles. The number of carbonyl (C=O) groups is 2. The van der Waals surface area contributed by atoms with E-state index < -0.39 is 10.0 Å². The molecule has 4 bridgehead atoms. The minimum Gasteiger partial charge on any atom is -0.350 e. The van der Waals surface area contributed by atoms with E-state index in [4.69, 9.17) is 0 Å². The zero-order chi connectivity index (χ0) is 22.3. The number of amides is 2. The Morgan fingerprint density at radius 2 is 1.47 bits per heavy atom. The number of carbonyl (C=O) groups excluding carboxylic acids is 2. The van der Waals surface area contributed by atoms with E-state index in [0.717, 1.165) is 36.2 Å². The van der Waals surface area contributed by atoms with Crippen molar-refractivity contribution in [1.29, 1.82) is 0 Å². The Balaban J connectivity index is 1.05. The van der Waals surface area contributed by atoms with Crippen LogP contribution in [0.3, 0.4) is 0 Å². The Labute approximate surface area is 190 Å². The highest BCUT2D eigenvalue weighted by Crippen LogP contribution is 2.61. The highest BCUT2D eigenvalue weighted by Gasteiger charge is 2.51. The first-order valence-electron chi connectivity index (χ1n) is 11.9. The van der Waals surface area contributed by atoms with E-state index in [2.05, 4.69) is 15.4 Å². The van der Waals surface area contributed by atoms with Gasteiger partial charge in [-0.3, -0.25) is 9.59 Å². The fourth-order valence-corrected chi connectivity index (χ4v) is 7.93. The lowest BCUT2D eigenvalue weighted by Crippen LogP contribution is -2.48. The van der Waals surface area contributed by atoms with Crippen molar-refractivity contribution >= 4 is 21.8 Å². The van der Waals surface area contributed by atoms with Gasteiger partial charge in [-0.25, -0.2) is 13.1 Å². The second-order valence-corrected chi connectivity index (χ2v) is 12.4. The van der Waals surface area contributed by atoms with Gasteiger partial charge < -0.3 is 10.6 Å². The third-order valence-corrected chi connectivity index (χ3v) is 9.31. The molecule has 8 heteroatoms. The molecule has 5 fully saturated rings. The molecule has 1 aromatic rings. The van der Waals surface area contributed by atoms with Crippen LogP contribution in [0.15, 0.2) is 29.2 Å². The van der Waals surface area contributed by atoms with Crippen molar-refractivity contribution in [2.45, 2.75) is 75.3 Å². The normalized spacial score (nSPS) is 30.8. The summed E-state index contributed by atoms with van der Waals surface area (Å²) in [5.74, 6) is 2.17. The highest BCUT2D eigenvalue weighted by molar-refractivity contribution is 7.89. The van der Waals surface area contributed by atoms with Gasteiger partial charge in [0.1, 0.15) is 0 Å². The Bertz CT molecular complexity index is 950. The van der Waals surface area contributed by atoms with E-state index in [1.807, 2.05) is 0 Å². The van der Waals surface area contributed by atoms with Crippen molar-refractivity contribution in [3.8, 4) is 0 Å². The number of hydrogen-bond donors (Lipinski definition) is 3. The van der Waals surface area contributed by atoms with Gasteiger partial charge in [-0.2, -0.15) is 0 Å². The van der Waals surface area contributed by atoms with Gasteiger partial charge in [0.15, 0.2) is 0 Å². The summed E-state index contributed by atoms with van der Waals surface area (Å²) >= 11 is 0. The molecule has 32 heavy (non-hydrogen) atoms. The number of rotatable bonds is 9. The van der Waals surface area contributed by atoms with Crippen LogP contribution in [0.2, 0.25) is 0 Å². The molecule has 1 aromatic carbocycles. The molecule has 5 aliphatic rings. The van der Waals surface area contributed by atoms with Crippen LogP contribution in [0.25, 0.3) is 0 Å². The van der Waals surface area contributed by atoms with E-state index in [1.54, 1.807) is 24.3 Å². The topological polar surface area (TPSA) is 104 Å². The summed E-state index contributed by atoms with van der Waals surface area (Å²) in [7, 11) is -3.47. The summed E-state index contributed by atoms with van der Waals surface area (Å²) in [6.07, 6.45) is 9.94. The first kappa shape index (κ1) is 21.9. The van der Waals surface area contributed by atoms with E-state index in [9.17, 15) is 18.0 Å². The molecule has 2 amide bonds. The van der Waals surface area contributed by atoms with Crippen LogP contribution in [0.4, 0.5) is 0 Å². The Morgan fingerprint density at radius 3 is 2.03 bits per heavy atom. The average Bonchev–Trinajstić information content (AvgIpc) is 3.53. The lowest BCUT2D eigenvalue weighted by atomic mass is 9.49. The third kappa shape index (κ3) is 5.01. The molecular weight excluding hydrogens is 426 g/mol. The summed E-state index contributed by atoms with van der Waals surface area (Å²) in [5.41, 5.74) is 0.981. The number of sulfonamides is 1. The van der Waals surface area contributed by atoms with Gasteiger partial charge in [0.25, 0.3) is 0 Å². The molecule has 0 atom stereocenters. The first-order chi connectivity index (χ1) is 15.3. The fraction of sp³-hybridized carbons (Fsp3) is 0.667. The van der Waals surface area contributed by atoms with Crippen molar-refractivity contribution in [2.75, 3.05) is 6.54 Å². The predicted molar refractivity (Wildman–Crippen MR) is 120 cm³/mol. The molecule has 6 rings (SSSR count). The molecule has 0 spiro atoms. The molecule has 5 aliphatic carbocycles. The van der Waals surface area contributed by atoms with E-state index in [0.29, 0.717) is 13.0 Å². The van der Waals surface area contributed by atoms with E-state index >= 15 is 0 Å². The van der Waals surface area contributed by atoms with Crippen LogP contribution in [-0.4, -0.2) is 32.8 Å². The summed E-state index contributed by atoms with van der Waals surface area (Å²) in [4.78, 5) is 25.0. The molecule has 7 nitrogen and oxygen atoms in total. The molecule has 0 saturated heterocycles. The fourth-order valence-electron chi connectivity index (χ4n) is 6.63. The molecule has 5 saturated carbocycles. The molecule has 174 valence electrons. The monoisotopic (exact) mass is 459 g/mol. The molecular formula is C24H33N3O4S. The number of nitrogens with one attached hydrogen (secondary N) is 3. The second-order valence-electron chi connectivity index (χ2n) is 10.7.